The minimum Gasteiger partial charge on any atom is -0.467 e. The maximum absolute atomic E-state index is 12.6. The van der Waals surface area contributed by atoms with E-state index in [1.54, 1.807) is 12.1 Å². The Morgan fingerprint density at radius 1 is 0.900 bits per heavy atom. The van der Waals surface area contributed by atoms with Crippen LogP contribution in [0.2, 0.25) is 0 Å². The molecule has 2 fully saturated rings. The average molecular weight is 416 g/mol. The first-order chi connectivity index (χ1) is 14.6. The summed E-state index contributed by atoms with van der Waals surface area (Å²) < 4.78 is 10.4. The van der Waals surface area contributed by atoms with Crippen molar-refractivity contribution in [1.82, 2.24) is 5.32 Å². The monoisotopic (exact) mass is 415 g/mol. The van der Waals surface area contributed by atoms with Gasteiger partial charge in [-0.3, -0.25) is 9.59 Å². The minimum absolute atomic E-state index is 0.00266. The van der Waals surface area contributed by atoms with E-state index in [2.05, 4.69) is 5.32 Å². The molecule has 1 atom stereocenters. The third kappa shape index (κ3) is 6.31. The number of nitrogens with one attached hydrogen (secondary N) is 1. The second-order valence-corrected chi connectivity index (χ2v) is 8.52. The van der Waals surface area contributed by atoms with E-state index in [4.69, 9.17) is 9.47 Å². The molecule has 164 valence electrons. The molecule has 2 aliphatic rings. The van der Waals surface area contributed by atoms with Crippen LogP contribution in [0.3, 0.4) is 0 Å². The average Bonchev–Trinajstić information content (AvgIpc) is 2.80. The van der Waals surface area contributed by atoms with Gasteiger partial charge in [-0.05, 0) is 43.4 Å². The fourth-order valence-corrected chi connectivity index (χ4v) is 4.46. The van der Waals surface area contributed by atoms with E-state index < -0.39 is 12.0 Å². The summed E-state index contributed by atoms with van der Waals surface area (Å²) in [4.78, 5) is 37.1. The summed E-state index contributed by atoms with van der Waals surface area (Å²) in [5.41, 5.74) is 0.867. The number of rotatable bonds is 7. The van der Waals surface area contributed by atoms with Crippen LogP contribution in [0.5, 0.6) is 5.75 Å². The maximum atomic E-state index is 12.6. The fraction of sp³-hybridized carbons (Fsp3) is 0.625. The van der Waals surface area contributed by atoms with Gasteiger partial charge in [0.2, 0.25) is 5.91 Å². The molecule has 0 aliphatic heterocycles. The number of esters is 2. The highest BCUT2D eigenvalue weighted by Gasteiger charge is 2.27. The normalized spacial score (nSPS) is 19.0. The summed E-state index contributed by atoms with van der Waals surface area (Å²) >= 11 is 0. The number of carbonyl (C=O) groups is 3. The molecule has 6 nitrogen and oxygen atoms in total. The van der Waals surface area contributed by atoms with Crippen molar-refractivity contribution in [2.45, 2.75) is 76.7 Å². The third-order valence-electron chi connectivity index (χ3n) is 6.30. The summed E-state index contributed by atoms with van der Waals surface area (Å²) in [5.74, 6) is -0.190. The lowest BCUT2D eigenvalue weighted by Gasteiger charge is -2.24. The van der Waals surface area contributed by atoms with E-state index in [0.29, 0.717) is 12.2 Å². The largest absolute Gasteiger partial charge is 0.467 e. The SMILES string of the molecule is COC(=O)C(Cc1ccc(OC(=O)C2CCCCC2)cc1)NC(=O)C1CCCCC1. The molecule has 0 bridgehead atoms. The van der Waals surface area contributed by atoms with Crippen LogP contribution in [0, 0.1) is 11.8 Å². The minimum atomic E-state index is -0.722. The van der Waals surface area contributed by atoms with Crippen LogP contribution in [0.1, 0.15) is 69.8 Å². The Morgan fingerprint density at radius 3 is 2.03 bits per heavy atom. The Morgan fingerprint density at radius 2 is 1.47 bits per heavy atom. The fourth-order valence-electron chi connectivity index (χ4n) is 4.46. The van der Waals surface area contributed by atoms with Crippen LogP contribution in [-0.2, 0) is 25.5 Å². The molecule has 1 amide bonds. The number of benzene rings is 1. The Hall–Kier alpha value is -2.37. The van der Waals surface area contributed by atoms with Gasteiger partial charge < -0.3 is 14.8 Å². The molecule has 2 saturated carbocycles. The number of methoxy groups -OCH3 is 1. The highest BCUT2D eigenvalue weighted by molar-refractivity contribution is 5.86. The molecule has 0 saturated heterocycles. The van der Waals surface area contributed by atoms with E-state index in [1.807, 2.05) is 12.1 Å². The summed E-state index contributed by atoms with van der Waals surface area (Å²) in [6, 6.07) is 6.42. The molecule has 0 spiro atoms. The summed E-state index contributed by atoms with van der Waals surface area (Å²) in [6.07, 6.45) is 10.5. The lowest BCUT2D eigenvalue weighted by atomic mass is 9.88. The number of amides is 1. The van der Waals surface area contributed by atoms with Crippen LogP contribution >= 0.6 is 0 Å². The molecule has 1 unspecified atom stereocenters. The van der Waals surface area contributed by atoms with Gasteiger partial charge in [0.1, 0.15) is 11.8 Å². The Bertz CT molecular complexity index is 718. The first-order valence-corrected chi connectivity index (χ1v) is 11.3. The van der Waals surface area contributed by atoms with Gasteiger partial charge in [0.15, 0.2) is 0 Å². The number of ether oxygens (including phenoxy) is 2. The molecule has 6 heteroatoms. The number of hydrogen-bond donors (Lipinski definition) is 1. The van der Waals surface area contributed by atoms with E-state index in [-0.39, 0.29) is 23.7 Å². The topological polar surface area (TPSA) is 81.7 Å². The first-order valence-electron chi connectivity index (χ1n) is 11.3. The van der Waals surface area contributed by atoms with Gasteiger partial charge in [0.25, 0.3) is 0 Å². The Kier molecular flexibility index (Phi) is 8.29. The zero-order valence-corrected chi connectivity index (χ0v) is 17.9. The van der Waals surface area contributed by atoms with Gasteiger partial charge in [0, 0.05) is 12.3 Å². The number of carbonyl (C=O) groups excluding carboxylic acids is 3. The molecule has 1 aromatic rings. The van der Waals surface area contributed by atoms with Crippen LogP contribution in [0.4, 0.5) is 0 Å². The second kappa shape index (κ2) is 11.1. The van der Waals surface area contributed by atoms with Crippen molar-refractivity contribution in [3.63, 3.8) is 0 Å². The van der Waals surface area contributed by atoms with Crippen molar-refractivity contribution in [2.75, 3.05) is 7.11 Å². The second-order valence-electron chi connectivity index (χ2n) is 8.52. The zero-order valence-electron chi connectivity index (χ0n) is 17.9. The highest BCUT2D eigenvalue weighted by Crippen LogP contribution is 2.26. The van der Waals surface area contributed by atoms with Crippen LogP contribution in [-0.4, -0.2) is 31.0 Å². The van der Waals surface area contributed by atoms with Crippen LogP contribution < -0.4 is 10.1 Å². The van der Waals surface area contributed by atoms with E-state index in [0.717, 1.165) is 56.9 Å². The summed E-state index contributed by atoms with van der Waals surface area (Å²) in [5, 5.41) is 2.88. The molecular formula is C24H33NO5. The molecule has 0 heterocycles. The van der Waals surface area contributed by atoms with E-state index >= 15 is 0 Å². The van der Waals surface area contributed by atoms with Crippen LogP contribution in [0.15, 0.2) is 24.3 Å². The van der Waals surface area contributed by atoms with Gasteiger partial charge in [-0.25, -0.2) is 4.79 Å². The lowest BCUT2D eigenvalue weighted by Crippen LogP contribution is -2.45. The predicted molar refractivity (Wildman–Crippen MR) is 113 cm³/mol. The highest BCUT2D eigenvalue weighted by atomic mass is 16.5. The first kappa shape index (κ1) is 22.3. The molecule has 0 aromatic heterocycles. The van der Waals surface area contributed by atoms with Crippen LogP contribution in [0.25, 0.3) is 0 Å². The van der Waals surface area contributed by atoms with Gasteiger partial charge in [-0.15, -0.1) is 0 Å². The van der Waals surface area contributed by atoms with Gasteiger partial charge in [-0.1, -0.05) is 50.7 Å². The molecule has 30 heavy (non-hydrogen) atoms. The molecule has 0 radical (unpaired) electrons. The molecular weight excluding hydrogens is 382 g/mol. The molecule has 1 N–H and O–H groups in total. The standard InChI is InChI=1S/C24H33NO5/c1-29-24(28)21(25-22(26)18-8-4-2-5-9-18)16-17-12-14-20(15-13-17)30-23(27)19-10-6-3-7-11-19/h12-15,18-19,21H,2-11,16H2,1H3,(H,25,26). The summed E-state index contributed by atoms with van der Waals surface area (Å²) in [6.45, 7) is 0. The maximum Gasteiger partial charge on any atom is 0.328 e. The Balaban J connectivity index is 1.56. The predicted octanol–water partition coefficient (Wildman–Crippen LogP) is 3.95. The van der Waals surface area contributed by atoms with Crippen molar-refractivity contribution in [2.24, 2.45) is 11.8 Å². The lowest BCUT2D eigenvalue weighted by molar-refractivity contribution is -0.145. The quantitative estimate of drug-likeness (QED) is 0.539. The molecule has 1 aromatic carbocycles. The van der Waals surface area contributed by atoms with Gasteiger partial charge in [0.05, 0.1) is 13.0 Å². The summed E-state index contributed by atoms with van der Waals surface area (Å²) in [7, 11) is 1.33. The van der Waals surface area contributed by atoms with Crippen molar-refractivity contribution < 1.29 is 23.9 Å². The van der Waals surface area contributed by atoms with Crippen molar-refractivity contribution in [3.05, 3.63) is 29.8 Å². The zero-order chi connectivity index (χ0) is 21.3. The molecule has 2 aliphatic carbocycles. The third-order valence-corrected chi connectivity index (χ3v) is 6.30. The number of hydrogen-bond acceptors (Lipinski definition) is 5. The van der Waals surface area contributed by atoms with E-state index in [9.17, 15) is 14.4 Å². The van der Waals surface area contributed by atoms with E-state index in [1.165, 1.54) is 20.0 Å². The smallest absolute Gasteiger partial charge is 0.328 e. The van der Waals surface area contributed by atoms with Gasteiger partial charge >= 0.3 is 11.9 Å². The van der Waals surface area contributed by atoms with Crippen molar-refractivity contribution in [3.8, 4) is 5.75 Å². The van der Waals surface area contributed by atoms with Crippen molar-refractivity contribution >= 4 is 17.8 Å². The Labute approximate surface area is 178 Å². The molecule has 3 rings (SSSR count). The van der Waals surface area contributed by atoms with Gasteiger partial charge in [-0.2, -0.15) is 0 Å². The van der Waals surface area contributed by atoms with Crippen molar-refractivity contribution in [1.29, 1.82) is 0 Å².